The third kappa shape index (κ3) is 6.86. The van der Waals surface area contributed by atoms with Gasteiger partial charge < -0.3 is 29.7 Å². The quantitative estimate of drug-likeness (QED) is 0.686. The van der Waals surface area contributed by atoms with Crippen LogP contribution in [0.15, 0.2) is 42.5 Å². The van der Waals surface area contributed by atoms with Gasteiger partial charge in [0.25, 0.3) is 5.91 Å². The van der Waals surface area contributed by atoms with Gasteiger partial charge in [-0.05, 0) is 50.2 Å². The second kappa shape index (κ2) is 11.9. The van der Waals surface area contributed by atoms with Crippen molar-refractivity contribution in [1.82, 2.24) is 9.80 Å². The minimum Gasteiger partial charge on any atom is -0.497 e. The number of urea groups is 1. The zero-order valence-electron chi connectivity index (χ0n) is 21.3. The fraction of sp³-hybridized carbons (Fsp3) is 0.462. The van der Waals surface area contributed by atoms with Crippen molar-refractivity contribution >= 4 is 23.3 Å². The van der Waals surface area contributed by atoms with Gasteiger partial charge in [0.2, 0.25) is 0 Å². The van der Waals surface area contributed by atoms with Gasteiger partial charge in [0.1, 0.15) is 18.1 Å². The highest BCUT2D eigenvalue weighted by Gasteiger charge is 2.27. The van der Waals surface area contributed by atoms with E-state index in [0.29, 0.717) is 41.6 Å². The van der Waals surface area contributed by atoms with Crippen molar-refractivity contribution in [2.75, 3.05) is 58.6 Å². The molecule has 0 saturated heterocycles. The number of hydrogen-bond donors (Lipinski definition) is 2. The predicted octanol–water partition coefficient (Wildman–Crippen LogP) is 3.78. The maximum absolute atomic E-state index is 13.4. The first kappa shape index (κ1) is 26.3. The molecule has 0 spiro atoms. The number of carbonyl (C=O) groups is 2. The highest BCUT2D eigenvalue weighted by Crippen LogP contribution is 2.26. The molecule has 3 amide bonds. The Hall–Kier alpha value is -3.30. The van der Waals surface area contributed by atoms with Crippen molar-refractivity contribution in [3.05, 3.63) is 48.0 Å². The van der Waals surface area contributed by atoms with Crippen molar-refractivity contribution in [2.24, 2.45) is 5.92 Å². The number of nitrogens with one attached hydrogen (secondary N) is 2. The molecule has 0 unspecified atom stereocenters. The summed E-state index contributed by atoms with van der Waals surface area (Å²) in [5, 5.41) is 5.56. The van der Waals surface area contributed by atoms with Crippen LogP contribution in [0.5, 0.6) is 11.5 Å². The van der Waals surface area contributed by atoms with Crippen LogP contribution in [0.25, 0.3) is 0 Å². The van der Waals surface area contributed by atoms with Gasteiger partial charge in [-0.25, -0.2) is 4.79 Å². The fourth-order valence-electron chi connectivity index (χ4n) is 4.03. The summed E-state index contributed by atoms with van der Waals surface area (Å²) >= 11 is 0. The lowest BCUT2D eigenvalue weighted by Crippen LogP contribution is -2.45. The van der Waals surface area contributed by atoms with Gasteiger partial charge in [-0.2, -0.15) is 0 Å². The number of amides is 3. The normalized spacial score (nSPS) is 21.7. The van der Waals surface area contributed by atoms with Crippen LogP contribution in [0, 0.1) is 5.92 Å². The smallest absolute Gasteiger partial charge is 0.323 e. The number of benzene rings is 2. The van der Waals surface area contributed by atoms with Crippen LogP contribution < -0.4 is 20.1 Å². The maximum Gasteiger partial charge on any atom is 0.323 e. The molecule has 0 bridgehead atoms. The Morgan fingerprint density at radius 3 is 2.43 bits per heavy atom. The average Bonchev–Trinajstić information content (AvgIpc) is 2.84. The van der Waals surface area contributed by atoms with Gasteiger partial charge in [0.05, 0.1) is 18.8 Å². The first-order valence-electron chi connectivity index (χ1n) is 11.7. The van der Waals surface area contributed by atoms with Crippen molar-refractivity contribution < 1.29 is 23.8 Å². The molecule has 9 heteroatoms. The Morgan fingerprint density at radius 2 is 1.74 bits per heavy atom. The van der Waals surface area contributed by atoms with E-state index in [9.17, 15) is 9.59 Å². The zero-order valence-corrected chi connectivity index (χ0v) is 21.3. The van der Waals surface area contributed by atoms with Crippen LogP contribution in [0.3, 0.4) is 0 Å². The standard InChI is InChI=1S/C26H36N4O5/c1-17-14-29(3)18(2)16-35-23-11-10-20(13-22(23)25(31)30(4)15-24(17)34-6)28-26(32)27-19-8-7-9-21(12-19)33-5/h7-13,17-18,24H,14-16H2,1-6H3,(H2,27,28,32)/t17-,18-,24+/m1/s1. The Labute approximate surface area is 207 Å². The first-order valence-corrected chi connectivity index (χ1v) is 11.7. The van der Waals surface area contributed by atoms with E-state index >= 15 is 0 Å². The minimum atomic E-state index is -0.434. The Morgan fingerprint density at radius 1 is 1.03 bits per heavy atom. The van der Waals surface area contributed by atoms with Gasteiger partial charge in [-0.15, -0.1) is 0 Å². The number of methoxy groups -OCH3 is 2. The van der Waals surface area contributed by atoms with Crippen molar-refractivity contribution in [3.63, 3.8) is 0 Å². The number of ether oxygens (including phenoxy) is 3. The van der Waals surface area contributed by atoms with E-state index in [2.05, 4.69) is 36.4 Å². The molecule has 2 aromatic rings. The number of carbonyl (C=O) groups excluding carboxylic acids is 2. The lowest BCUT2D eigenvalue weighted by Gasteiger charge is -2.34. The average molecular weight is 485 g/mol. The summed E-state index contributed by atoms with van der Waals surface area (Å²) < 4.78 is 17.0. The summed E-state index contributed by atoms with van der Waals surface area (Å²) in [5.41, 5.74) is 1.44. The molecule has 3 rings (SSSR count). The molecule has 1 aliphatic heterocycles. The lowest BCUT2D eigenvalue weighted by atomic mass is 10.0. The molecular formula is C26H36N4O5. The number of hydrogen-bond acceptors (Lipinski definition) is 6. The summed E-state index contributed by atoms with van der Waals surface area (Å²) in [6, 6.07) is 11.9. The summed E-state index contributed by atoms with van der Waals surface area (Å²) in [7, 11) is 7.05. The van der Waals surface area contributed by atoms with Crippen molar-refractivity contribution in [3.8, 4) is 11.5 Å². The second-order valence-electron chi connectivity index (χ2n) is 9.06. The van der Waals surface area contributed by atoms with Crippen LogP contribution in [0.1, 0.15) is 24.2 Å². The summed E-state index contributed by atoms with van der Waals surface area (Å²) in [6.45, 7) is 5.90. The highest BCUT2D eigenvalue weighted by atomic mass is 16.5. The van der Waals surface area contributed by atoms with E-state index in [1.807, 2.05) is 0 Å². The highest BCUT2D eigenvalue weighted by molar-refractivity contribution is 6.02. The van der Waals surface area contributed by atoms with Crippen LogP contribution in [0.4, 0.5) is 16.2 Å². The zero-order chi connectivity index (χ0) is 25.5. The molecule has 9 nitrogen and oxygen atoms in total. The van der Waals surface area contributed by atoms with E-state index < -0.39 is 6.03 Å². The summed E-state index contributed by atoms with van der Waals surface area (Å²) in [6.07, 6.45) is -0.114. The molecule has 0 radical (unpaired) electrons. The number of nitrogens with zero attached hydrogens (tertiary/aromatic N) is 2. The second-order valence-corrected chi connectivity index (χ2v) is 9.06. The molecule has 1 heterocycles. The first-order chi connectivity index (χ1) is 16.7. The van der Waals surface area contributed by atoms with Crippen LogP contribution in [-0.2, 0) is 4.74 Å². The fourth-order valence-corrected chi connectivity index (χ4v) is 4.03. The monoisotopic (exact) mass is 484 g/mol. The van der Waals surface area contributed by atoms with Crippen LogP contribution in [-0.4, -0.2) is 81.9 Å². The molecular weight excluding hydrogens is 448 g/mol. The molecule has 3 atom stereocenters. The molecule has 0 saturated carbocycles. The molecule has 0 fully saturated rings. The molecule has 190 valence electrons. The molecule has 2 N–H and O–H groups in total. The van der Waals surface area contributed by atoms with Crippen LogP contribution in [0.2, 0.25) is 0 Å². The molecule has 0 aliphatic carbocycles. The Kier molecular flexibility index (Phi) is 8.95. The Balaban J connectivity index is 1.83. The van der Waals surface area contributed by atoms with Gasteiger partial charge >= 0.3 is 6.03 Å². The van der Waals surface area contributed by atoms with E-state index in [-0.39, 0.29) is 24.0 Å². The lowest BCUT2D eigenvalue weighted by molar-refractivity contribution is 0.0150. The van der Waals surface area contributed by atoms with E-state index in [0.717, 1.165) is 6.54 Å². The third-order valence-corrected chi connectivity index (χ3v) is 6.34. The number of rotatable bonds is 4. The van der Waals surface area contributed by atoms with E-state index in [1.54, 1.807) is 68.6 Å². The van der Waals surface area contributed by atoms with Crippen LogP contribution >= 0.6 is 0 Å². The van der Waals surface area contributed by atoms with Gasteiger partial charge in [-0.3, -0.25) is 9.69 Å². The molecule has 0 aromatic heterocycles. The minimum absolute atomic E-state index is 0.114. The van der Waals surface area contributed by atoms with E-state index in [1.165, 1.54) is 0 Å². The van der Waals surface area contributed by atoms with Crippen molar-refractivity contribution in [1.29, 1.82) is 0 Å². The largest absolute Gasteiger partial charge is 0.497 e. The number of likely N-dealkylation sites (N-methyl/N-ethyl adjacent to an activating group) is 2. The SMILES string of the molecule is COc1cccc(NC(=O)Nc2ccc3c(c2)C(=O)N(C)C[C@H](OC)[C@H](C)CN(C)[C@H](C)CO3)c1. The topological polar surface area (TPSA) is 92.4 Å². The van der Waals surface area contributed by atoms with Gasteiger partial charge in [0.15, 0.2) is 0 Å². The van der Waals surface area contributed by atoms with Gasteiger partial charge in [-0.1, -0.05) is 13.0 Å². The predicted molar refractivity (Wildman–Crippen MR) is 137 cm³/mol. The summed E-state index contributed by atoms with van der Waals surface area (Å²) in [4.78, 5) is 29.9. The molecule has 35 heavy (non-hydrogen) atoms. The van der Waals surface area contributed by atoms with Crippen molar-refractivity contribution in [2.45, 2.75) is 26.0 Å². The molecule has 2 aromatic carbocycles. The maximum atomic E-state index is 13.4. The number of anilines is 2. The third-order valence-electron chi connectivity index (χ3n) is 6.34. The van der Waals surface area contributed by atoms with Gasteiger partial charge in [0, 0.05) is 50.7 Å². The van der Waals surface area contributed by atoms with E-state index in [4.69, 9.17) is 14.2 Å². The molecule has 1 aliphatic rings. The Bertz CT molecular complexity index is 1030. The number of fused-ring (bicyclic) bond motifs is 1. The summed E-state index contributed by atoms with van der Waals surface area (Å²) in [5.74, 6) is 1.13.